The van der Waals surface area contributed by atoms with Crippen LogP contribution in [-0.4, -0.2) is 11.8 Å². The van der Waals surface area contributed by atoms with E-state index < -0.39 is 5.91 Å². The zero-order chi connectivity index (χ0) is 18.0. The molecule has 128 valence electrons. The third-order valence-electron chi connectivity index (χ3n) is 3.65. The summed E-state index contributed by atoms with van der Waals surface area (Å²) in [5.41, 5.74) is 7.45. The van der Waals surface area contributed by atoms with Crippen LogP contribution in [0.15, 0.2) is 47.1 Å². The van der Waals surface area contributed by atoms with Crippen molar-refractivity contribution >= 4 is 46.0 Å². The number of halogens is 2. The number of hydrogen-bond acceptors (Lipinski definition) is 3. The van der Waals surface area contributed by atoms with E-state index in [9.17, 15) is 9.59 Å². The lowest BCUT2D eigenvalue weighted by Crippen LogP contribution is -2.42. The van der Waals surface area contributed by atoms with Crippen molar-refractivity contribution in [1.29, 1.82) is 0 Å². The first kappa shape index (κ1) is 17.3. The molecule has 0 aliphatic carbocycles. The van der Waals surface area contributed by atoms with E-state index in [0.717, 1.165) is 16.5 Å². The minimum absolute atomic E-state index is 0.0745. The smallest absolute Gasteiger partial charge is 0.271 e. The first-order valence-electron chi connectivity index (χ1n) is 7.45. The Morgan fingerprint density at radius 2 is 1.88 bits per heavy atom. The molecule has 2 amide bonds. The molecule has 2 aromatic carbocycles. The van der Waals surface area contributed by atoms with Crippen LogP contribution in [-0.2, 0) is 11.2 Å². The van der Waals surface area contributed by atoms with Gasteiger partial charge in [-0.2, -0.15) is 0 Å². The summed E-state index contributed by atoms with van der Waals surface area (Å²) >= 11 is 11.8. The van der Waals surface area contributed by atoms with Crippen molar-refractivity contribution < 1.29 is 14.0 Å². The number of hydrogen-bond donors (Lipinski definition) is 2. The van der Waals surface area contributed by atoms with E-state index >= 15 is 0 Å². The average Bonchev–Trinajstić information content (AvgIpc) is 2.95. The molecule has 3 rings (SSSR count). The predicted octanol–water partition coefficient (Wildman–Crippen LogP) is 4.05. The summed E-state index contributed by atoms with van der Waals surface area (Å²) < 4.78 is 5.43. The fourth-order valence-electron chi connectivity index (χ4n) is 2.42. The molecule has 7 heteroatoms. The monoisotopic (exact) mass is 376 g/mol. The second-order valence-corrected chi connectivity index (χ2v) is 6.41. The molecule has 0 atom stereocenters. The van der Waals surface area contributed by atoms with Gasteiger partial charge in [0.15, 0.2) is 0 Å². The molecule has 1 heterocycles. The van der Waals surface area contributed by atoms with Crippen LogP contribution in [0.3, 0.4) is 0 Å². The van der Waals surface area contributed by atoms with E-state index in [1.807, 2.05) is 25.1 Å². The summed E-state index contributed by atoms with van der Waals surface area (Å²) in [6, 6.07) is 10.2. The van der Waals surface area contributed by atoms with E-state index in [0.29, 0.717) is 10.6 Å². The molecule has 0 aliphatic rings. The number of furan rings is 1. The van der Waals surface area contributed by atoms with Gasteiger partial charge in [0.05, 0.1) is 23.3 Å². The number of amides is 2. The summed E-state index contributed by atoms with van der Waals surface area (Å²) in [5.74, 6) is -0.898. The lowest BCUT2D eigenvalue weighted by molar-refractivity contribution is -0.121. The molecular weight excluding hydrogens is 363 g/mol. The first-order chi connectivity index (χ1) is 11.9. The van der Waals surface area contributed by atoms with Gasteiger partial charge in [0, 0.05) is 16.0 Å². The fraction of sp³-hybridized carbons (Fsp3) is 0.111. The zero-order valence-corrected chi connectivity index (χ0v) is 14.7. The van der Waals surface area contributed by atoms with Gasteiger partial charge in [0.25, 0.3) is 5.91 Å². The molecule has 0 radical (unpaired) electrons. The number of aryl methyl sites for hydroxylation is 1. The van der Waals surface area contributed by atoms with Crippen LogP contribution in [0.4, 0.5) is 0 Å². The van der Waals surface area contributed by atoms with Gasteiger partial charge in [-0.25, -0.2) is 0 Å². The summed E-state index contributed by atoms with van der Waals surface area (Å²) in [6.45, 7) is 1.96. The van der Waals surface area contributed by atoms with Gasteiger partial charge in [-0.15, -0.1) is 0 Å². The molecule has 0 bridgehead atoms. The molecule has 0 fully saturated rings. The molecule has 0 saturated carbocycles. The van der Waals surface area contributed by atoms with Crippen LogP contribution in [0.5, 0.6) is 0 Å². The number of rotatable bonds is 3. The summed E-state index contributed by atoms with van der Waals surface area (Å²) in [4.78, 5) is 24.2. The first-order valence-corrected chi connectivity index (χ1v) is 8.20. The van der Waals surface area contributed by atoms with Gasteiger partial charge >= 0.3 is 0 Å². The standard InChI is InChI=1S/C18H14Cl2N2O3/c1-10-2-5-16-14(6-10)11(9-25-16)7-17(23)21-22-18(24)13-4-3-12(19)8-15(13)20/h2-6,8-9H,7H2,1H3,(H,21,23)(H,22,24). The topological polar surface area (TPSA) is 71.3 Å². The third-order valence-corrected chi connectivity index (χ3v) is 4.20. The van der Waals surface area contributed by atoms with Gasteiger partial charge in [0.1, 0.15) is 5.58 Å². The number of fused-ring (bicyclic) bond motifs is 1. The molecule has 0 saturated heterocycles. The van der Waals surface area contributed by atoms with Crippen molar-refractivity contribution in [2.24, 2.45) is 0 Å². The number of hydrazine groups is 1. The Balaban J connectivity index is 1.64. The highest BCUT2D eigenvalue weighted by Crippen LogP contribution is 2.23. The van der Waals surface area contributed by atoms with Gasteiger partial charge in [-0.3, -0.25) is 20.4 Å². The number of carbonyl (C=O) groups excluding carboxylic acids is 2. The second-order valence-electron chi connectivity index (χ2n) is 5.56. The Bertz CT molecular complexity index is 966. The molecular formula is C18H14Cl2N2O3. The lowest BCUT2D eigenvalue weighted by atomic mass is 10.1. The van der Waals surface area contributed by atoms with E-state index in [2.05, 4.69) is 10.9 Å². The van der Waals surface area contributed by atoms with Crippen molar-refractivity contribution in [3.05, 3.63) is 69.4 Å². The second kappa shape index (κ2) is 7.17. The summed E-state index contributed by atoms with van der Waals surface area (Å²) in [6.07, 6.45) is 1.62. The van der Waals surface area contributed by atoms with E-state index in [1.165, 1.54) is 12.1 Å². The highest BCUT2D eigenvalue weighted by Gasteiger charge is 2.14. The molecule has 0 aliphatic heterocycles. The molecule has 25 heavy (non-hydrogen) atoms. The molecule has 0 unspecified atom stereocenters. The maximum atomic E-state index is 12.1. The Kier molecular flexibility index (Phi) is 4.97. The molecule has 2 N–H and O–H groups in total. The highest BCUT2D eigenvalue weighted by atomic mass is 35.5. The summed E-state index contributed by atoms with van der Waals surface area (Å²) in [5, 5.41) is 1.51. The van der Waals surface area contributed by atoms with Gasteiger partial charge < -0.3 is 4.42 Å². The predicted molar refractivity (Wildman–Crippen MR) is 96.7 cm³/mol. The van der Waals surface area contributed by atoms with Crippen LogP contribution in [0, 0.1) is 6.92 Å². The Morgan fingerprint density at radius 3 is 2.64 bits per heavy atom. The van der Waals surface area contributed by atoms with E-state index in [4.69, 9.17) is 27.6 Å². The fourth-order valence-corrected chi connectivity index (χ4v) is 2.91. The zero-order valence-electron chi connectivity index (χ0n) is 13.2. The van der Waals surface area contributed by atoms with Crippen LogP contribution >= 0.6 is 23.2 Å². The average molecular weight is 377 g/mol. The van der Waals surface area contributed by atoms with Crippen molar-refractivity contribution in [1.82, 2.24) is 10.9 Å². The van der Waals surface area contributed by atoms with Crippen LogP contribution in [0.25, 0.3) is 11.0 Å². The third kappa shape index (κ3) is 3.95. The van der Waals surface area contributed by atoms with Crippen molar-refractivity contribution in [3.8, 4) is 0 Å². The molecule has 3 aromatic rings. The molecule has 1 aromatic heterocycles. The van der Waals surface area contributed by atoms with Crippen molar-refractivity contribution in [3.63, 3.8) is 0 Å². The van der Waals surface area contributed by atoms with Crippen LogP contribution in [0.1, 0.15) is 21.5 Å². The Hall–Kier alpha value is -2.50. The Labute approximate surface area is 153 Å². The van der Waals surface area contributed by atoms with Crippen LogP contribution < -0.4 is 10.9 Å². The number of carbonyl (C=O) groups is 2. The maximum absolute atomic E-state index is 12.1. The molecule has 5 nitrogen and oxygen atoms in total. The van der Waals surface area contributed by atoms with Gasteiger partial charge in [0.2, 0.25) is 5.91 Å². The number of nitrogens with one attached hydrogen (secondary N) is 2. The van der Waals surface area contributed by atoms with Gasteiger partial charge in [-0.1, -0.05) is 34.8 Å². The minimum atomic E-state index is -0.525. The lowest BCUT2D eigenvalue weighted by Gasteiger charge is -2.08. The van der Waals surface area contributed by atoms with Crippen LogP contribution in [0.2, 0.25) is 10.0 Å². The van der Waals surface area contributed by atoms with Crippen molar-refractivity contribution in [2.75, 3.05) is 0 Å². The maximum Gasteiger partial charge on any atom is 0.271 e. The molecule has 0 spiro atoms. The van der Waals surface area contributed by atoms with E-state index in [-0.39, 0.29) is 22.9 Å². The Morgan fingerprint density at radius 1 is 1.08 bits per heavy atom. The SMILES string of the molecule is Cc1ccc2occ(CC(=O)NNC(=O)c3ccc(Cl)cc3Cl)c2c1. The van der Waals surface area contributed by atoms with Crippen molar-refractivity contribution in [2.45, 2.75) is 13.3 Å². The largest absolute Gasteiger partial charge is 0.464 e. The summed E-state index contributed by atoms with van der Waals surface area (Å²) in [7, 11) is 0. The normalized spacial score (nSPS) is 10.7. The van der Waals surface area contributed by atoms with Gasteiger partial charge in [-0.05, 0) is 37.3 Å². The quantitative estimate of drug-likeness (QED) is 0.677. The number of benzene rings is 2. The minimum Gasteiger partial charge on any atom is -0.464 e. The van der Waals surface area contributed by atoms with E-state index in [1.54, 1.807) is 12.3 Å². The highest BCUT2D eigenvalue weighted by molar-refractivity contribution is 6.36.